The molecule has 3 heteroatoms. The third kappa shape index (κ3) is 6.88. The molecule has 15 heavy (non-hydrogen) atoms. The number of hydrogen-bond donors (Lipinski definition) is 1. The quantitative estimate of drug-likeness (QED) is 0.564. The van der Waals surface area contributed by atoms with Crippen molar-refractivity contribution in [3.8, 4) is 0 Å². The van der Waals surface area contributed by atoms with E-state index in [4.69, 9.17) is 9.47 Å². The van der Waals surface area contributed by atoms with Gasteiger partial charge in [-0.05, 0) is 32.1 Å². The highest BCUT2D eigenvalue weighted by Gasteiger charge is 2.26. The summed E-state index contributed by atoms with van der Waals surface area (Å²) in [5.74, 6) is 0.929. The first-order valence-electron chi connectivity index (χ1n) is 6.23. The van der Waals surface area contributed by atoms with Crippen LogP contribution in [0.15, 0.2) is 0 Å². The van der Waals surface area contributed by atoms with Crippen molar-refractivity contribution < 1.29 is 9.47 Å². The van der Waals surface area contributed by atoms with Gasteiger partial charge in [-0.15, -0.1) is 0 Å². The van der Waals surface area contributed by atoms with Gasteiger partial charge in [0.2, 0.25) is 0 Å². The normalized spacial score (nSPS) is 18.0. The SMILES string of the molecule is CCCOCCOCCNC(C)C1CC1. The van der Waals surface area contributed by atoms with Crippen LogP contribution in [-0.4, -0.2) is 39.0 Å². The maximum absolute atomic E-state index is 5.44. The first-order chi connectivity index (χ1) is 7.34. The predicted octanol–water partition coefficient (Wildman–Crippen LogP) is 1.82. The highest BCUT2D eigenvalue weighted by Crippen LogP contribution is 2.32. The van der Waals surface area contributed by atoms with E-state index >= 15 is 0 Å². The van der Waals surface area contributed by atoms with Crippen LogP contribution in [-0.2, 0) is 9.47 Å². The highest BCUT2D eigenvalue weighted by atomic mass is 16.5. The average Bonchev–Trinajstić information content (AvgIpc) is 3.05. The number of nitrogens with one attached hydrogen (secondary N) is 1. The molecule has 0 heterocycles. The van der Waals surface area contributed by atoms with E-state index in [0.29, 0.717) is 6.04 Å². The van der Waals surface area contributed by atoms with Crippen LogP contribution in [0.2, 0.25) is 0 Å². The summed E-state index contributed by atoms with van der Waals surface area (Å²) in [6, 6.07) is 0.671. The van der Waals surface area contributed by atoms with E-state index in [1.165, 1.54) is 12.8 Å². The zero-order valence-electron chi connectivity index (χ0n) is 10.1. The highest BCUT2D eigenvalue weighted by molar-refractivity contribution is 4.82. The number of rotatable bonds is 10. The molecular weight excluding hydrogens is 190 g/mol. The van der Waals surface area contributed by atoms with Crippen LogP contribution in [0, 0.1) is 5.92 Å². The Bertz CT molecular complexity index is 149. The van der Waals surface area contributed by atoms with Gasteiger partial charge in [0.05, 0.1) is 19.8 Å². The topological polar surface area (TPSA) is 30.5 Å². The summed E-state index contributed by atoms with van der Waals surface area (Å²) in [4.78, 5) is 0. The molecule has 0 saturated heterocycles. The van der Waals surface area contributed by atoms with Crippen molar-refractivity contribution in [3.63, 3.8) is 0 Å². The summed E-state index contributed by atoms with van der Waals surface area (Å²) < 4.78 is 10.8. The van der Waals surface area contributed by atoms with Gasteiger partial charge in [-0.1, -0.05) is 6.92 Å². The average molecular weight is 215 g/mol. The summed E-state index contributed by atoms with van der Waals surface area (Å²) >= 11 is 0. The van der Waals surface area contributed by atoms with E-state index in [9.17, 15) is 0 Å². The van der Waals surface area contributed by atoms with E-state index in [0.717, 1.165) is 45.3 Å². The first kappa shape index (κ1) is 12.9. The van der Waals surface area contributed by atoms with Gasteiger partial charge in [0, 0.05) is 19.2 Å². The molecule has 1 aliphatic rings. The second kappa shape index (κ2) is 8.08. The third-order valence-electron chi connectivity index (χ3n) is 2.76. The van der Waals surface area contributed by atoms with Gasteiger partial charge in [-0.25, -0.2) is 0 Å². The van der Waals surface area contributed by atoms with Crippen LogP contribution in [0.25, 0.3) is 0 Å². The van der Waals surface area contributed by atoms with Crippen LogP contribution in [0.1, 0.15) is 33.1 Å². The van der Waals surface area contributed by atoms with E-state index in [2.05, 4.69) is 19.2 Å². The second-order valence-electron chi connectivity index (χ2n) is 4.30. The molecule has 0 bridgehead atoms. The molecule has 0 aromatic carbocycles. The van der Waals surface area contributed by atoms with Crippen molar-refractivity contribution in [1.29, 1.82) is 0 Å². The molecular formula is C12H25NO2. The van der Waals surface area contributed by atoms with Gasteiger partial charge < -0.3 is 14.8 Å². The Morgan fingerprint density at radius 3 is 2.40 bits per heavy atom. The Balaban J connectivity index is 1.72. The Morgan fingerprint density at radius 1 is 1.13 bits per heavy atom. The molecule has 1 aliphatic carbocycles. The molecule has 1 N–H and O–H groups in total. The van der Waals surface area contributed by atoms with E-state index in [1.54, 1.807) is 0 Å². The molecule has 1 fully saturated rings. The molecule has 0 radical (unpaired) electrons. The third-order valence-corrected chi connectivity index (χ3v) is 2.76. The largest absolute Gasteiger partial charge is 0.379 e. The fourth-order valence-corrected chi connectivity index (χ4v) is 1.59. The van der Waals surface area contributed by atoms with Gasteiger partial charge in [-0.2, -0.15) is 0 Å². The molecule has 90 valence electrons. The standard InChI is InChI=1S/C12H25NO2/c1-3-7-14-9-10-15-8-6-13-11(2)12-4-5-12/h11-13H,3-10H2,1-2H3. The lowest BCUT2D eigenvalue weighted by Crippen LogP contribution is -2.31. The van der Waals surface area contributed by atoms with Gasteiger partial charge in [0.15, 0.2) is 0 Å². The molecule has 1 atom stereocenters. The lowest BCUT2D eigenvalue weighted by atomic mass is 10.2. The van der Waals surface area contributed by atoms with E-state index < -0.39 is 0 Å². The molecule has 0 aliphatic heterocycles. The minimum absolute atomic E-state index is 0.671. The summed E-state index contributed by atoms with van der Waals surface area (Å²) in [5, 5.41) is 3.48. The second-order valence-corrected chi connectivity index (χ2v) is 4.30. The lowest BCUT2D eigenvalue weighted by Gasteiger charge is -2.12. The Morgan fingerprint density at radius 2 is 1.80 bits per heavy atom. The van der Waals surface area contributed by atoms with Crippen molar-refractivity contribution in [2.24, 2.45) is 5.92 Å². The molecule has 1 saturated carbocycles. The van der Waals surface area contributed by atoms with Crippen molar-refractivity contribution in [3.05, 3.63) is 0 Å². The minimum atomic E-state index is 0.671. The number of ether oxygens (including phenoxy) is 2. The smallest absolute Gasteiger partial charge is 0.0701 e. The molecule has 0 aromatic heterocycles. The van der Waals surface area contributed by atoms with E-state index in [-0.39, 0.29) is 0 Å². The van der Waals surface area contributed by atoms with Crippen LogP contribution in [0.4, 0.5) is 0 Å². The van der Waals surface area contributed by atoms with Crippen LogP contribution in [0.5, 0.6) is 0 Å². The lowest BCUT2D eigenvalue weighted by molar-refractivity contribution is 0.0484. The fourth-order valence-electron chi connectivity index (χ4n) is 1.59. The van der Waals surface area contributed by atoms with Crippen molar-refractivity contribution in [2.75, 3.05) is 33.0 Å². The van der Waals surface area contributed by atoms with Crippen molar-refractivity contribution >= 4 is 0 Å². The maximum Gasteiger partial charge on any atom is 0.0701 e. The predicted molar refractivity (Wildman–Crippen MR) is 62.1 cm³/mol. The summed E-state index contributed by atoms with van der Waals surface area (Å²) in [6.07, 6.45) is 3.89. The summed E-state index contributed by atoms with van der Waals surface area (Å²) in [6.45, 7) is 8.44. The maximum atomic E-state index is 5.44. The molecule has 1 unspecified atom stereocenters. The van der Waals surface area contributed by atoms with E-state index in [1.807, 2.05) is 0 Å². The molecule has 3 nitrogen and oxygen atoms in total. The fraction of sp³-hybridized carbons (Fsp3) is 1.00. The van der Waals surface area contributed by atoms with Crippen LogP contribution < -0.4 is 5.32 Å². The number of hydrogen-bond acceptors (Lipinski definition) is 3. The molecule has 1 rings (SSSR count). The van der Waals surface area contributed by atoms with Gasteiger partial charge >= 0.3 is 0 Å². The van der Waals surface area contributed by atoms with Crippen LogP contribution in [0.3, 0.4) is 0 Å². The van der Waals surface area contributed by atoms with Crippen LogP contribution >= 0.6 is 0 Å². The van der Waals surface area contributed by atoms with Crippen molar-refractivity contribution in [1.82, 2.24) is 5.32 Å². The Hall–Kier alpha value is -0.120. The first-order valence-corrected chi connectivity index (χ1v) is 6.23. The Labute approximate surface area is 93.5 Å². The summed E-state index contributed by atoms with van der Waals surface area (Å²) in [5.41, 5.74) is 0. The monoisotopic (exact) mass is 215 g/mol. The Kier molecular flexibility index (Phi) is 6.98. The van der Waals surface area contributed by atoms with Gasteiger partial charge in [0.25, 0.3) is 0 Å². The molecule has 0 spiro atoms. The minimum Gasteiger partial charge on any atom is -0.379 e. The van der Waals surface area contributed by atoms with Gasteiger partial charge in [-0.3, -0.25) is 0 Å². The summed E-state index contributed by atoms with van der Waals surface area (Å²) in [7, 11) is 0. The molecule has 0 aromatic rings. The zero-order valence-corrected chi connectivity index (χ0v) is 10.1. The molecule has 0 amide bonds. The zero-order chi connectivity index (χ0) is 10.9. The van der Waals surface area contributed by atoms with Crippen molar-refractivity contribution in [2.45, 2.75) is 39.2 Å². The van der Waals surface area contributed by atoms with Gasteiger partial charge in [0.1, 0.15) is 0 Å².